The summed E-state index contributed by atoms with van der Waals surface area (Å²) in [5.74, 6) is 0. The highest BCUT2D eigenvalue weighted by Gasteiger charge is 2.15. The third-order valence-corrected chi connectivity index (χ3v) is 3.41. The van der Waals surface area contributed by atoms with Crippen molar-refractivity contribution >= 4 is 23.2 Å². The van der Waals surface area contributed by atoms with Gasteiger partial charge in [-0.05, 0) is 56.7 Å². The summed E-state index contributed by atoms with van der Waals surface area (Å²) >= 11 is 0. The number of rotatable bonds is 5. The molecule has 2 aromatic rings. The number of hydrogen-bond acceptors (Lipinski definition) is 4. The van der Waals surface area contributed by atoms with Crippen molar-refractivity contribution in [3.05, 3.63) is 54.1 Å². The second-order valence-electron chi connectivity index (χ2n) is 7.13. The molecule has 0 spiro atoms. The molecule has 5 heteroatoms. The Hall–Kier alpha value is -2.69. The molecule has 0 unspecified atom stereocenters. The van der Waals surface area contributed by atoms with Crippen molar-refractivity contribution < 1.29 is 9.53 Å². The molecule has 0 atom stereocenters. The highest BCUT2D eigenvalue weighted by atomic mass is 16.6. The topological polar surface area (TPSA) is 53.6 Å². The van der Waals surface area contributed by atoms with Gasteiger partial charge in [0.25, 0.3) is 0 Å². The van der Waals surface area contributed by atoms with E-state index in [1.165, 1.54) is 0 Å². The lowest BCUT2D eigenvalue weighted by Crippen LogP contribution is -2.32. The van der Waals surface area contributed by atoms with Gasteiger partial charge in [0.1, 0.15) is 5.60 Å². The van der Waals surface area contributed by atoms with Gasteiger partial charge >= 0.3 is 6.09 Å². The first-order chi connectivity index (χ1) is 11.7. The lowest BCUT2D eigenvalue weighted by molar-refractivity contribution is 0.0523. The molecule has 2 aromatic carbocycles. The molecule has 2 N–H and O–H groups in total. The zero-order valence-electron chi connectivity index (χ0n) is 15.6. The first kappa shape index (κ1) is 18.6. The van der Waals surface area contributed by atoms with Crippen LogP contribution >= 0.6 is 0 Å². The fourth-order valence-electron chi connectivity index (χ4n) is 2.28. The Morgan fingerprint density at radius 3 is 2.32 bits per heavy atom. The van der Waals surface area contributed by atoms with E-state index in [9.17, 15) is 4.79 Å². The Labute approximate surface area is 150 Å². The summed E-state index contributed by atoms with van der Waals surface area (Å²) in [6, 6.07) is 16.1. The average molecular weight is 341 g/mol. The molecule has 0 aliphatic heterocycles. The van der Waals surface area contributed by atoms with Gasteiger partial charge in [-0.1, -0.05) is 18.2 Å². The summed E-state index contributed by atoms with van der Waals surface area (Å²) in [7, 11) is 4.03. The molecule has 1 amide bonds. The van der Waals surface area contributed by atoms with Crippen LogP contribution in [-0.2, 0) is 11.3 Å². The maximum Gasteiger partial charge on any atom is 0.407 e. The molecule has 0 aromatic heterocycles. The first-order valence-corrected chi connectivity index (χ1v) is 8.33. The number of ether oxygens (including phenoxy) is 1. The fraction of sp³-hybridized carbons (Fsp3) is 0.350. The lowest BCUT2D eigenvalue weighted by Gasteiger charge is -2.19. The van der Waals surface area contributed by atoms with E-state index in [1.54, 1.807) is 0 Å². The second-order valence-corrected chi connectivity index (χ2v) is 7.13. The van der Waals surface area contributed by atoms with Gasteiger partial charge in [0.15, 0.2) is 0 Å². The zero-order chi connectivity index (χ0) is 18.4. The Morgan fingerprint density at radius 2 is 1.68 bits per heavy atom. The van der Waals surface area contributed by atoms with Crippen LogP contribution in [-0.4, -0.2) is 25.8 Å². The average Bonchev–Trinajstić information content (AvgIpc) is 2.52. The minimum Gasteiger partial charge on any atom is -0.444 e. The van der Waals surface area contributed by atoms with E-state index in [0.29, 0.717) is 6.54 Å². The fourth-order valence-corrected chi connectivity index (χ4v) is 2.28. The van der Waals surface area contributed by atoms with E-state index >= 15 is 0 Å². The van der Waals surface area contributed by atoms with E-state index in [-0.39, 0.29) is 0 Å². The normalized spacial score (nSPS) is 10.9. The minimum absolute atomic E-state index is 0.412. The maximum atomic E-state index is 11.8. The molecule has 0 aliphatic rings. The van der Waals surface area contributed by atoms with Gasteiger partial charge in [-0.15, -0.1) is 0 Å². The number of nitrogens with zero attached hydrogens (tertiary/aromatic N) is 1. The van der Waals surface area contributed by atoms with Crippen LogP contribution in [0.4, 0.5) is 21.9 Å². The minimum atomic E-state index is -0.495. The van der Waals surface area contributed by atoms with E-state index < -0.39 is 11.7 Å². The van der Waals surface area contributed by atoms with Crippen LogP contribution in [0.15, 0.2) is 48.5 Å². The van der Waals surface area contributed by atoms with Gasteiger partial charge in [-0.2, -0.15) is 0 Å². The SMILES string of the molecule is CN(C)c1cccc(Nc2cccc(CNC(=O)OC(C)(C)C)c2)c1. The molecule has 0 heterocycles. The van der Waals surface area contributed by atoms with Crippen LogP contribution in [0, 0.1) is 0 Å². The van der Waals surface area contributed by atoms with E-state index in [1.807, 2.05) is 71.3 Å². The predicted octanol–water partition coefficient (Wildman–Crippen LogP) is 4.52. The standard InChI is InChI=1S/C20H27N3O2/c1-20(2,3)25-19(24)21-14-15-8-6-9-16(12-15)22-17-10-7-11-18(13-17)23(4)5/h6-13,22H,14H2,1-5H3,(H,21,24). The Morgan fingerprint density at radius 1 is 1.04 bits per heavy atom. The van der Waals surface area contributed by atoms with Crippen molar-refractivity contribution in [3.8, 4) is 0 Å². The number of benzene rings is 2. The van der Waals surface area contributed by atoms with Crippen LogP contribution in [0.1, 0.15) is 26.3 Å². The number of carbonyl (C=O) groups excluding carboxylic acids is 1. The summed E-state index contributed by atoms with van der Waals surface area (Å²) in [5.41, 5.74) is 3.63. The number of nitrogens with one attached hydrogen (secondary N) is 2. The van der Waals surface area contributed by atoms with Gasteiger partial charge in [0, 0.05) is 37.7 Å². The summed E-state index contributed by atoms with van der Waals surface area (Å²) in [6.07, 6.45) is -0.412. The first-order valence-electron chi connectivity index (χ1n) is 8.33. The molecule has 0 radical (unpaired) electrons. The molecule has 0 fully saturated rings. The number of carbonyl (C=O) groups is 1. The van der Waals surface area contributed by atoms with Gasteiger partial charge < -0.3 is 20.3 Å². The quantitative estimate of drug-likeness (QED) is 0.839. The summed E-state index contributed by atoms with van der Waals surface area (Å²) in [4.78, 5) is 13.8. The van der Waals surface area contributed by atoms with E-state index in [4.69, 9.17) is 4.74 Å². The molecule has 0 saturated carbocycles. The van der Waals surface area contributed by atoms with Crippen LogP contribution in [0.3, 0.4) is 0 Å². The van der Waals surface area contributed by atoms with E-state index in [2.05, 4.69) is 27.7 Å². The molecule has 0 bridgehead atoms. The van der Waals surface area contributed by atoms with E-state index in [0.717, 1.165) is 22.6 Å². The zero-order valence-corrected chi connectivity index (χ0v) is 15.6. The molecular weight excluding hydrogens is 314 g/mol. The maximum absolute atomic E-state index is 11.8. The highest BCUT2D eigenvalue weighted by Crippen LogP contribution is 2.22. The van der Waals surface area contributed by atoms with Crippen molar-refractivity contribution in [2.75, 3.05) is 24.3 Å². The van der Waals surface area contributed by atoms with Crippen molar-refractivity contribution in [1.29, 1.82) is 0 Å². The third kappa shape index (κ3) is 6.37. The lowest BCUT2D eigenvalue weighted by atomic mass is 10.2. The second kappa shape index (κ2) is 7.92. The number of alkyl carbamates (subject to hydrolysis) is 1. The molecule has 5 nitrogen and oxygen atoms in total. The Bertz CT molecular complexity index is 721. The van der Waals surface area contributed by atoms with Crippen LogP contribution in [0.25, 0.3) is 0 Å². The van der Waals surface area contributed by atoms with Gasteiger partial charge in [0.2, 0.25) is 0 Å². The monoisotopic (exact) mass is 341 g/mol. The van der Waals surface area contributed by atoms with Crippen LogP contribution < -0.4 is 15.5 Å². The van der Waals surface area contributed by atoms with Gasteiger partial charge in [0.05, 0.1) is 0 Å². The Balaban J connectivity index is 1.99. The molecule has 2 rings (SSSR count). The van der Waals surface area contributed by atoms with Crippen molar-refractivity contribution in [3.63, 3.8) is 0 Å². The number of anilines is 3. The number of amides is 1. The van der Waals surface area contributed by atoms with Gasteiger partial charge in [-0.3, -0.25) is 0 Å². The third-order valence-electron chi connectivity index (χ3n) is 3.41. The van der Waals surface area contributed by atoms with Crippen molar-refractivity contribution in [2.45, 2.75) is 32.9 Å². The van der Waals surface area contributed by atoms with Crippen LogP contribution in [0.5, 0.6) is 0 Å². The van der Waals surface area contributed by atoms with Crippen molar-refractivity contribution in [1.82, 2.24) is 5.32 Å². The van der Waals surface area contributed by atoms with Gasteiger partial charge in [-0.25, -0.2) is 4.79 Å². The largest absolute Gasteiger partial charge is 0.444 e. The summed E-state index contributed by atoms with van der Waals surface area (Å²) < 4.78 is 5.25. The van der Waals surface area contributed by atoms with Crippen LogP contribution in [0.2, 0.25) is 0 Å². The smallest absolute Gasteiger partial charge is 0.407 e. The molecular formula is C20H27N3O2. The highest BCUT2D eigenvalue weighted by molar-refractivity contribution is 5.68. The summed E-state index contributed by atoms with van der Waals surface area (Å²) in [6.45, 7) is 5.96. The van der Waals surface area contributed by atoms with Crippen molar-refractivity contribution in [2.24, 2.45) is 0 Å². The molecule has 0 aliphatic carbocycles. The summed E-state index contributed by atoms with van der Waals surface area (Å²) in [5, 5.41) is 6.17. The molecule has 0 saturated heterocycles. The predicted molar refractivity (Wildman–Crippen MR) is 104 cm³/mol. The number of hydrogen-bond donors (Lipinski definition) is 2. The Kier molecular flexibility index (Phi) is 5.91. The molecule has 25 heavy (non-hydrogen) atoms. The molecule has 134 valence electrons.